The van der Waals surface area contributed by atoms with E-state index in [1.165, 1.54) is 11.3 Å². The number of hydrogen-bond acceptors (Lipinski definition) is 4. The van der Waals surface area contributed by atoms with Crippen LogP contribution in [0.15, 0.2) is 29.6 Å². The lowest BCUT2D eigenvalue weighted by Crippen LogP contribution is -2.44. The summed E-state index contributed by atoms with van der Waals surface area (Å²) in [4.78, 5) is 27.6. The van der Waals surface area contributed by atoms with E-state index in [-0.39, 0.29) is 11.8 Å². The number of nitrogens with one attached hydrogen (secondary N) is 1. The van der Waals surface area contributed by atoms with Crippen LogP contribution in [0.5, 0.6) is 0 Å². The average Bonchev–Trinajstić information content (AvgIpc) is 3.20. The third-order valence-electron chi connectivity index (χ3n) is 3.86. The molecule has 2 aromatic rings. The second-order valence-electron chi connectivity index (χ2n) is 5.70. The number of halogens is 1. The van der Waals surface area contributed by atoms with Crippen molar-refractivity contribution in [3.05, 3.63) is 50.7 Å². The zero-order chi connectivity index (χ0) is 17.3. The molecule has 4 nitrogen and oxygen atoms in total. The third-order valence-corrected chi connectivity index (χ3v) is 6.03. The Bertz CT molecular complexity index is 754. The monoisotopic (exact) mass is 380 g/mol. The molecular formula is C17H17ClN2O2S2. The van der Waals surface area contributed by atoms with Crippen molar-refractivity contribution in [2.24, 2.45) is 0 Å². The summed E-state index contributed by atoms with van der Waals surface area (Å²) < 4.78 is 0. The van der Waals surface area contributed by atoms with Crippen LogP contribution in [0, 0.1) is 13.8 Å². The highest BCUT2D eigenvalue weighted by molar-refractivity contribution is 7.99. The summed E-state index contributed by atoms with van der Waals surface area (Å²) in [6.07, 6.45) is 0. The lowest BCUT2D eigenvalue weighted by atomic mass is 10.1. The number of carbonyl (C=O) groups excluding carboxylic acids is 2. The standard InChI is InChI=1S/C17H17ClN2O2S2/c1-10-6-11(2)15(12(18)7-10)19-16(21)13-8-23-9-20(13)17(22)14-4-3-5-24-14/h3-7,13H,8-9H2,1-2H3,(H,19,21). The molecule has 1 N–H and O–H groups in total. The Balaban J connectivity index is 1.78. The maximum absolute atomic E-state index is 12.7. The van der Waals surface area contributed by atoms with E-state index in [1.54, 1.807) is 22.7 Å². The van der Waals surface area contributed by atoms with Crippen LogP contribution in [0.2, 0.25) is 5.02 Å². The Kier molecular flexibility index (Phi) is 5.18. The maximum atomic E-state index is 12.7. The molecule has 0 radical (unpaired) electrons. The van der Waals surface area contributed by atoms with Crippen LogP contribution in [0.3, 0.4) is 0 Å². The average molecular weight is 381 g/mol. The molecule has 1 fully saturated rings. The van der Waals surface area contributed by atoms with Gasteiger partial charge in [-0.2, -0.15) is 0 Å². The molecule has 1 saturated heterocycles. The van der Waals surface area contributed by atoms with Crippen molar-refractivity contribution >= 4 is 52.2 Å². The molecule has 1 aromatic heterocycles. The molecule has 7 heteroatoms. The lowest BCUT2D eigenvalue weighted by Gasteiger charge is -2.23. The minimum absolute atomic E-state index is 0.0955. The van der Waals surface area contributed by atoms with Crippen molar-refractivity contribution in [3.63, 3.8) is 0 Å². The van der Waals surface area contributed by atoms with Crippen LogP contribution < -0.4 is 5.32 Å². The minimum Gasteiger partial charge on any atom is -0.323 e. The number of rotatable bonds is 3. The molecule has 3 rings (SSSR count). The van der Waals surface area contributed by atoms with E-state index in [9.17, 15) is 9.59 Å². The molecule has 2 heterocycles. The van der Waals surface area contributed by atoms with E-state index in [0.29, 0.717) is 27.2 Å². The summed E-state index contributed by atoms with van der Waals surface area (Å²) in [5, 5.41) is 5.28. The predicted molar refractivity (Wildman–Crippen MR) is 101 cm³/mol. The molecule has 126 valence electrons. The van der Waals surface area contributed by atoms with Gasteiger partial charge in [0.25, 0.3) is 5.91 Å². The highest BCUT2D eigenvalue weighted by atomic mass is 35.5. The fourth-order valence-electron chi connectivity index (χ4n) is 2.68. The van der Waals surface area contributed by atoms with Gasteiger partial charge in [-0.05, 0) is 42.5 Å². The summed E-state index contributed by atoms with van der Waals surface area (Å²) >= 11 is 9.24. The number of thioether (sulfide) groups is 1. The number of amides is 2. The van der Waals surface area contributed by atoms with Crippen LogP contribution in [0.1, 0.15) is 20.8 Å². The largest absolute Gasteiger partial charge is 0.323 e. The first-order valence-electron chi connectivity index (χ1n) is 7.47. The zero-order valence-electron chi connectivity index (χ0n) is 13.3. The third kappa shape index (κ3) is 3.45. The molecule has 1 unspecified atom stereocenters. The molecular weight excluding hydrogens is 364 g/mol. The first kappa shape index (κ1) is 17.3. The number of aryl methyl sites for hydroxylation is 2. The van der Waals surface area contributed by atoms with Gasteiger partial charge in [0.1, 0.15) is 6.04 Å². The molecule has 24 heavy (non-hydrogen) atoms. The molecule has 1 aromatic carbocycles. The molecule has 0 saturated carbocycles. The Morgan fingerprint density at radius 1 is 1.33 bits per heavy atom. The number of benzene rings is 1. The topological polar surface area (TPSA) is 49.4 Å². The Morgan fingerprint density at radius 2 is 2.12 bits per heavy atom. The van der Waals surface area contributed by atoms with Gasteiger partial charge in [-0.25, -0.2) is 0 Å². The normalized spacial score (nSPS) is 17.1. The van der Waals surface area contributed by atoms with Crippen LogP contribution in [0.4, 0.5) is 5.69 Å². The van der Waals surface area contributed by atoms with Crippen molar-refractivity contribution in [1.82, 2.24) is 4.90 Å². The molecule has 2 amide bonds. The van der Waals surface area contributed by atoms with Crippen LogP contribution in [-0.2, 0) is 4.79 Å². The first-order valence-corrected chi connectivity index (χ1v) is 9.88. The van der Waals surface area contributed by atoms with Gasteiger partial charge < -0.3 is 10.2 Å². The van der Waals surface area contributed by atoms with Crippen molar-refractivity contribution in [3.8, 4) is 0 Å². The summed E-state index contributed by atoms with van der Waals surface area (Å²) in [5.41, 5.74) is 2.57. The van der Waals surface area contributed by atoms with Crippen molar-refractivity contribution < 1.29 is 9.59 Å². The van der Waals surface area contributed by atoms with Crippen molar-refractivity contribution in [2.45, 2.75) is 19.9 Å². The van der Waals surface area contributed by atoms with Gasteiger partial charge in [0.05, 0.1) is 21.5 Å². The van der Waals surface area contributed by atoms with Gasteiger partial charge in [-0.3, -0.25) is 9.59 Å². The van der Waals surface area contributed by atoms with Gasteiger partial charge in [-0.15, -0.1) is 23.1 Å². The lowest BCUT2D eigenvalue weighted by molar-refractivity contribution is -0.119. The van der Waals surface area contributed by atoms with Gasteiger partial charge in [0.15, 0.2) is 0 Å². The SMILES string of the molecule is Cc1cc(C)c(NC(=O)C2CSCN2C(=O)c2cccs2)c(Cl)c1. The minimum atomic E-state index is -0.485. The molecule has 0 aliphatic carbocycles. The maximum Gasteiger partial charge on any atom is 0.265 e. The highest BCUT2D eigenvalue weighted by Crippen LogP contribution is 2.30. The fourth-order valence-corrected chi connectivity index (χ4v) is 4.88. The van der Waals surface area contributed by atoms with Gasteiger partial charge in [-0.1, -0.05) is 23.7 Å². The predicted octanol–water partition coefficient (Wildman–Crippen LogP) is 4.17. The van der Waals surface area contributed by atoms with Crippen LogP contribution >= 0.6 is 34.7 Å². The Morgan fingerprint density at radius 3 is 2.79 bits per heavy atom. The van der Waals surface area contributed by atoms with E-state index in [1.807, 2.05) is 37.4 Å². The zero-order valence-corrected chi connectivity index (χ0v) is 15.7. The number of anilines is 1. The smallest absolute Gasteiger partial charge is 0.265 e. The summed E-state index contributed by atoms with van der Waals surface area (Å²) in [6, 6.07) is 6.93. The summed E-state index contributed by atoms with van der Waals surface area (Å²) in [6.45, 7) is 3.87. The summed E-state index contributed by atoms with van der Waals surface area (Å²) in [7, 11) is 0. The number of carbonyl (C=O) groups is 2. The van der Waals surface area contributed by atoms with E-state index < -0.39 is 6.04 Å². The second-order valence-corrected chi connectivity index (χ2v) is 8.05. The Hall–Kier alpha value is -1.50. The van der Waals surface area contributed by atoms with Crippen LogP contribution in [-0.4, -0.2) is 34.4 Å². The van der Waals surface area contributed by atoms with E-state index >= 15 is 0 Å². The fraction of sp³-hybridized carbons (Fsp3) is 0.294. The first-order chi connectivity index (χ1) is 11.5. The summed E-state index contributed by atoms with van der Waals surface area (Å²) in [5.74, 6) is 0.821. The quantitative estimate of drug-likeness (QED) is 0.869. The number of hydrogen-bond donors (Lipinski definition) is 1. The highest BCUT2D eigenvalue weighted by Gasteiger charge is 2.35. The second kappa shape index (κ2) is 7.17. The molecule has 1 atom stereocenters. The van der Waals surface area contributed by atoms with Gasteiger partial charge in [0.2, 0.25) is 5.91 Å². The van der Waals surface area contributed by atoms with Gasteiger partial charge in [0, 0.05) is 5.75 Å². The van der Waals surface area contributed by atoms with Crippen molar-refractivity contribution in [1.29, 1.82) is 0 Å². The van der Waals surface area contributed by atoms with Gasteiger partial charge >= 0.3 is 0 Å². The molecule has 1 aliphatic rings. The van der Waals surface area contributed by atoms with E-state index in [0.717, 1.165) is 11.1 Å². The molecule has 0 bridgehead atoms. The Labute approximate surface area is 154 Å². The van der Waals surface area contributed by atoms with Crippen molar-refractivity contribution in [2.75, 3.05) is 16.9 Å². The van der Waals surface area contributed by atoms with Crippen LogP contribution in [0.25, 0.3) is 0 Å². The molecule has 1 aliphatic heterocycles. The van der Waals surface area contributed by atoms with E-state index in [2.05, 4.69) is 5.32 Å². The van der Waals surface area contributed by atoms with E-state index in [4.69, 9.17) is 11.6 Å². The molecule has 0 spiro atoms. The number of thiophene rings is 1. The number of nitrogens with zero attached hydrogens (tertiary/aromatic N) is 1.